The van der Waals surface area contributed by atoms with Crippen LogP contribution in [0.1, 0.15) is 19.4 Å². The molecule has 0 amide bonds. The van der Waals surface area contributed by atoms with Gasteiger partial charge in [0.1, 0.15) is 0 Å². The van der Waals surface area contributed by atoms with Crippen LogP contribution in [0.5, 0.6) is 0 Å². The summed E-state index contributed by atoms with van der Waals surface area (Å²) in [6.45, 7) is 4.62. The van der Waals surface area contributed by atoms with E-state index in [0.717, 1.165) is 27.7 Å². The molecular weight excluding hydrogens is 565 g/mol. The molecule has 0 saturated heterocycles. The predicted molar refractivity (Wildman–Crippen MR) is 190 cm³/mol. The summed E-state index contributed by atoms with van der Waals surface area (Å²) in [5, 5.41) is 1.02. The Labute approximate surface area is 269 Å². The largest absolute Gasteiger partial charge is 0.286 e. The fraction of sp³-hybridized carbons (Fsp3) is 0.0714. The molecule has 0 unspecified atom stereocenters. The smallest absolute Gasteiger partial charge is 0.174 e. The maximum absolute atomic E-state index is 5.33. The molecule has 3 heteroatoms. The summed E-state index contributed by atoms with van der Waals surface area (Å²) in [4.78, 5) is 5.33. The van der Waals surface area contributed by atoms with E-state index in [9.17, 15) is 0 Å². The molecule has 0 spiro atoms. The van der Waals surface area contributed by atoms with Crippen LogP contribution in [0.3, 0.4) is 0 Å². The summed E-state index contributed by atoms with van der Waals surface area (Å²) in [6, 6.07) is 56.6. The molecule has 0 N–H and O–H groups in total. The topological polar surface area (TPSA) is 17.8 Å². The Morgan fingerprint density at radius 3 is 1.47 bits per heavy atom. The Hall–Kier alpha value is -5.12. The maximum atomic E-state index is 5.33. The van der Waals surface area contributed by atoms with Crippen LogP contribution in [-0.4, -0.2) is 9.55 Å². The average molecular weight is 597 g/mol. The quantitative estimate of drug-likeness (QED) is 0.197. The van der Waals surface area contributed by atoms with E-state index in [0.29, 0.717) is 0 Å². The molecule has 0 atom stereocenters. The van der Waals surface area contributed by atoms with Crippen LogP contribution in [0, 0.1) is 0 Å². The van der Waals surface area contributed by atoms with Crippen LogP contribution in [0.2, 0.25) is 0 Å². The second kappa shape index (κ2) is 11.1. The zero-order valence-electron chi connectivity index (χ0n) is 25.3. The molecule has 1 aliphatic heterocycles. The summed E-state index contributed by atoms with van der Waals surface area (Å²) >= 11 is 1.83. The third kappa shape index (κ3) is 5.00. The van der Waals surface area contributed by atoms with Crippen molar-refractivity contribution >= 4 is 11.8 Å². The molecule has 0 bridgehead atoms. The third-order valence-electron chi connectivity index (χ3n) is 8.66. The van der Waals surface area contributed by atoms with Crippen LogP contribution in [0.15, 0.2) is 163 Å². The lowest BCUT2D eigenvalue weighted by Crippen LogP contribution is -2.22. The van der Waals surface area contributed by atoms with Gasteiger partial charge >= 0.3 is 0 Å². The highest BCUT2D eigenvalue weighted by atomic mass is 32.2. The SMILES string of the molecule is CC1(C)Sc2nc(-c3ccccc3)c(-c3ccccc3)n2-c2cc(-c3cc(-c4ccccc4)cc(-c4ccccc4)c3)ccc21. The monoisotopic (exact) mass is 596 g/mol. The number of hydrogen-bond donors (Lipinski definition) is 0. The zero-order chi connectivity index (χ0) is 30.4. The minimum atomic E-state index is -0.141. The lowest BCUT2D eigenvalue weighted by molar-refractivity contribution is 0.724. The average Bonchev–Trinajstić information content (AvgIpc) is 3.48. The van der Waals surface area contributed by atoms with Gasteiger partial charge in [0.2, 0.25) is 0 Å². The van der Waals surface area contributed by atoms with Gasteiger partial charge in [-0.1, -0.05) is 145 Å². The van der Waals surface area contributed by atoms with E-state index in [-0.39, 0.29) is 4.75 Å². The number of aromatic nitrogens is 2. The van der Waals surface area contributed by atoms with Crippen molar-refractivity contribution in [2.75, 3.05) is 0 Å². The number of nitrogens with zero attached hydrogens (tertiary/aromatic N) is 2. The molecule has 0 radical (unpaired) electrons. The Morgan fingerprint density at radius 1 is 0.467 bits per heavy atom. The molecule has 45 heavy (non-hydrogen) atoms. The maximum Gasteiger partial charge on any atom is 0.174 e. The number of fused-ring (bicyclic) bond motifs is 3. The Balaban J connectivity index is 1.37. The molecule has 6 aromatic carbocycles. The highest BCUT2D eigenvalue weighted by Crippen LogP contribution is 2.52. The summed E-state index contributed by atoms with van der Waals surface area (Å²) in [7, 11) is 0. The molecule has 1 aliphatic rings. The summed E-state index contributed by atoms with van der Waals surface area (Å²) in [6.07, 6.45) is 0. The molecule has 2 heterocycles. The lowest BCUT2D eigenvalue weighted by Gasteiger charge is -2.33. The standard InChI is InChI=1S/C42H32N2S/c1-42(2)37-24-23-33(36-26-34(29-15-7-3-8-16-29)25-35(27-36)30-17-9-4-10-18-30)28-38(37)44-40(32-21-13-6-14-22-32)39(43-41(44)45-42)31-19-11-5-12-20-31/h3-28H,1-2H3. The number of thioether (sulfide) groups is 1. The fourth-order valence-electron chi connectivity index (χ4n) is 6.43. The molecule has 0 aliphatic carbocycles. The Morgan fingerprint density at radius 2 is 0.933 bits per heavy atom. The second-order valence-electron chi connectivity index (χ2n) is 12.0. The predicted octanol–water partition coefficient (Wildman–Crippen LogP) is 11.5. The second-order valence-corrected chi connectivity index (χ2v) is 13.6. The van der Waals surface area contributed by atoms with Gasteiger partial charge in [-0.25, -0.2) is 4.98 Å². The van der Waals surface area contributed by atoms with Crippen LogP contribution >= 0.6 is 11.8 Å². The zero-order valence-corrected chi connectivity index (χ0v) is 26.1. The first-order chi connectivity index (χ1) is 22.0. The fourth-order valence-corrected chi connectivity index (χ4v) is 7.59. The number of rotatable bonds is 5. The van der Waals surface area contributed by atoms with Gasteiger partial charge in [0, 0.05) is 15.9 Å². The molecule has 216 valence electrons. The lowest BCUT2D eigenvalue weighted by atomic mass is 9.91. The number of imidazole rings is 1. The third-order valence-corrected chi connectivity index (χ3v) is 9.84. The van der Waals surface area contributed by atoms with Crippen molar-refractivity contribution in [2.24, 2.45) is 0 Å². The van der Waals surface area contributed by atoms with Gasteiger partial charge in [0.25, 0.3) is 0 Å². The van der Waals surface area contributed by atoms with E-state index in [1.54, 1.807) is 0 Å². The molecule has 0 saturated carbocycles. The van der Waals surface area contributed by atoms with Crippen LogP contribution in [-0.2, 0) is 4.75 Å². The van der Waals surface area contributed by atoms with Crippen molar-refractivity contribution in [3.8, 4) is 61.6 Å². The molecule has 8 rings (SSSR count). The minimum absolute atomic E-state index is 0.141. The van der Waals surface area contributed by atoms with Gasteiger partial charge < -0.3 is 0 Å². The van der Waals surface area contributed by atoms with Gasteiger partial charge in [0.15, 0.2) is 5.16 Å². The van der Waals surface area contributed by atoms with Crippen molar-refractivity contribution < 1.29 is 0 Å². The minimum Gasteiger partial charge on any atom is -0.286 e. The molecular formula is C42H32N2S. The summed E-state index contributed by atoms with van der Waals surface area (Å²) in [5.74, 6) is 0. The molecule has 2 nitrogen and oxygen atoms in total. The molecule has 1 aromatic heterocycles. The molecule has 7 aromatic rings. The highest BCUT2D eigenvalue weighted by Gasteiger charge is 2.36. The van der Waals surface area contributed by atoms with Crippen LogP contribution in [0.25, 0.3) is 61.6 Å². The van der Waals surface area contributed by atoms with Gasteiger partial charge in [-0.3, -0.25) is 4.57 Å². The first kappa shape index (κ1) is 27.4. The highest BCUT2D eigenvalue weighted by molar-refractivity contribution is 8.00. The van der Waals surface area contributed by atoms with Crippen LogP contribution in [0.4, 0.5) is 0 Å². The van der Waals surface area contributed by atoms with Crippen LogP contribution < -0.4 is 0 Å². The van der Waals surface area contributed by atoms with E-state index < -0.39 is 0 Å². The van der Waals surface area contributed by atoms with Gasteiger partial charge in [-0.15, -0.1) is 0 Å². The van der Waals surface area contributed by atoms with E-state index in [1.165, 1.54) is 44.6 Å². The van der Waals surface area contributed by atoms with Gasteiger partial charge in [-0.05, 0) is 77.1 Å². The van der Waals surface area contributed by atoms with E-state index in [2.05, 4.69) is 176 Å². The van der Waals surface area contributed by atoms with Crippen molar-refractivity contribution in [2.45, 2.75) is 23.8 Å². The number of hydrogen-bond acceptors (Lipinski definition) is 2. The van der Waals surface area contributed by atoms with E-state index in [4.69, 9.17) is 4.98 Å². The molecule has 0 fully saturated rings. The van der Waals surface area contributed by atoms with Gasteiger partial charge in [0.05, 0.1) is 17.1 Å². The Kier molecular flexibility index (Phi) is 6.77. The van der Waals surface area contributed by atoms with E-state index >= 15 is 0 Å². The van der Waals surface area contributed by atoms with E-state index in [1.807, 2.05) is 11.8 Å². The van der Waals surface area contributed by atoms with Crippen molar-refractivity contribution in [1.82, 2.24) is 9.55 Å². The van der Waals surface area contributed by atoms with Crippen molar-refractivity contribution in [3.63, 3.8) is 0 Å². The normalized spacial score (nSPS) is 13.2. The number of benzene rings is 6. The first-order valence-electron chi connectivity index (χ1n) is 15.4. The van der Waals surface area contributed by atoms with Gasteiger partial charge in [-0.2, -0.15) is 0 Å². The van der Waals surface area contributed by atoms with Crippen molar-refractivity contribution in [1.29, 1.82) is 0 Å². The summed E-state index contributed by atoms with van der Waals surface area (Å²) in [5.41, 5.74) is 14.1. The Bertz CT molecular complexity index is 2070. The first-order valence-corrected chi connectivity index (χ1v) is 16.2. The summed E-state index contributed by atoms with van der Waals surface area (Å²) < 4.78 is 2.25. The van der Waals surface area contributed by atoms with Crippen molar-refractivity contribution in [3.05, 3.63) is 163 Å².